The second-order valence-electron chi connectivity index (χ2n) is 3.18. The summed E-state index contributed by atoms with van der Waals surface area (Å²) in [5.41, 5.74) is 1.44. The van der Waals surface area contributed by atoms with Gasteiger partial charge in [-0.1, -0.05) is 39.0 Å². The molecule has 1 unspecified atom stereocenters. The van der Waals surface area contributed by atoms with Crippen LogP contribution < -0.4 is 24.8 Å². The van der Waals surface area contributed by atoms with Crippen molar-refractivity contribution in [1.82, 2.24) is 0 Å². The summed E-state index contributed by atoms with van der Waals surface area (Å²) in [6.07, 6.45) is 8.94. The maximum Gasteiger partial charge on any atom is 3.00 e. The molecule has 3 heteroatoms. The van der Waals surface area contributed by atoms with E-state index in [1.165, 1.54) is 5.57 Å². The van der Waals surface area contributed by atoms with Crippen molar-refractivity contribution >= 4 is 0 Å². The average Bonchev–Trinajstić information content (AvgIpc) is 2.34. The number of hydrogen-bond acceptors (Lipinski definition) is 0. The summed E-state index contributed by atoms with van der Waals surface area (Å²) in [7, 11) is 0. The van der Waals surface area contributed by atoms with Crippen LogP contribution in [0.4, 0.5) is 0 Å². The predicted molar refractivity (Wildman–Crippen MR) is 44.5 cm³/mol. The number of allylic oxidation sites excluding steroid dienone is 4. The minimum absolute atomic E-state index is 0. The molecule has 0 fully saturated rings. The first-order valence-electron chi connectivity index (χ1n) is 4.04. The molecule has 0 N–H and O–H groups in total. The molecule has 0 nitrogen and oxygen atoms in total. The number of hydrogen-bond donors (Lipinski definition) is 0. The van der Waals surface area contributed by atoms with E-state index in [1.807, 2.05) is 0 Å². The zero-order chi connectivity index (χ0) is 7.56. The third-order valence-corrected chi connectivity index (χ3v) is 1.98. The molecule has 0 aromatic heterocycles. The molecule has 0 aliphatic heterocycles. The Kier molecular flexibility index (Phi) is 14.2. The molecule has 0 saturated heterocycles. The molecule has 0 amide bonds. The van der Waals surface area contributed by atoms with Gasteiger partial charge < -0.3 is 24.8 Å². The monoisotopic (exact) mass is 295 g/mol. The summed E-state index contributed by atoms with van der Waals surface area (Å²) in [6.45, 7) is 6.66. The maximum absolute atomic E-state index is 3.34. The summed E-state index contributed by atoms with van der Waals surface area (Å²) in [6, 6.07) is 0. The SMILES string of the molecule is CCC1=CC(C(C)C)[C-]=C1.[Cl-].[Cl-].[Zr+3]. The number of rotatable bonds is 2. The average molecular weight is 297 g/mol. The third-order valence-electron chi connectivity index (χ3n) is 1.98. The molecule has 1 aliphatic rings. The maximum atomic E-state index is 3.34. The minimum Gasteiger partial charge on any atom is -1.00 e. The molecule has 1 atom stereocenters. The first-order chi connectivity index (χ1) is 4.74. The van der Waals surface area contributed by atoms with Gasteiger partial charge >= 0.3 is 26.2 Å². The van der Waals surface area contributed by atoms with E-state index in [-0.39, 0.29) is 51.0 Å². The van der Waals surface area contributed by atoms with Crippen molar-refractivity contribution < 1.29 is 51.0 Å². The van der Waals surface area contributed by atoms with Gasteiger partial charge in [0, 0.05) is 0 Å². The van der Waals surface area contributed by atoms with Crippen molar-refractivity contribution in [2.45, 2.75) is 27.2 Å². The van der Waals surface area contributed by atoms with E-state index in [4.69, 9.17) is 0 Å². The van der Waals surface area contributed by atoms with Crippen LogP contribution in [0.25, 0.3) is 0 Å². The summed E-state index contributed by atoms with van der Waals surface area (Å²) < 4.78 is 0. The van der Waals surface area contributed by atoms with Crippen LogP contribution in [0.5, 0.6) is 0 Å². The van der Waals surface area contributed by atoms with Gasteiger partial charge in [0.15, 0.2) is 0 Å². The van der Waals surface area contributed by atoms with Crippen LogP contribution in [0.15, 0.2) is 17.7 Å². The molecule has 1 aliphatic carbocycles. The summed E-state index contributed by atoms with van der Waals surface area (Å²) >= 11 is 0. The summed E-state index contributed by atoms with van der Waals surface area (Å²) in [4.78, 5) is 0. The minimum atomic E-state index is 0. The Morgan fingerprint density at radius 2 is 1.92 bits per heavy atom. The molecule has 13 heavy (non-hydrogen) atoms. The van der Waals surface area contributed by atoms with Crippen molar-refractivity contribution in [3.8, 4) is 0 Å². The first kappa shape index (κ1) is 19.5. The second-order valence-corrected chi connectivity index (χ2v) is 3.18. The third kappa shape index (κ3) is 6.10. The van der Waals surface area contributed by atoms with E-state index < -0.39 is 0 Å². The van der Waals surface area contributed by atoms with Gasteiger partial charge in [0.1, 0.15) is 0 Å². The largest absolute Gasteiger partial charge is 3.00 e. The number of halogens is 2. The normalized spacial score (nSPS) is 18.5. The topological polar surface area (TPSA) is 0 Å². The molecular weight excluding hydrogens is 282 g/mol. The molecule has 0 aromatic carbocycles. The van der Waals surface area contributed by atoms with E-state index in [1.54, 1.807) is 0 Å². The molecule has 1 radical (unpaired) electrons. The second kappa shape index (κ2) is 9.50. The van der Waals surface area contributed by atoms with Crippen molar-refractivity contribution in [1.29, 1.82) is 0 Å². The molecule has 0 heterocycles. The van der Waals surface area contributed by atoms with Gasteiger partial charge in [0.25, 0.3) is 0 Å². The summed E-state index contributed by atoms with van der Waals surface area (Å²) in [5.74, 6) is 1.29. The zero-order valence-corrected chi connectivity index (χ0v) is 12.2. The van der Waals surface area contributed by atoms with Crippen LogP contribution in [0.1, 0.15) is 27.2 Å². The van der Waals surface area contributed by atoms with E-state index in [0.717, 1.165) is 6.42 Å². The van der Waals surface area contributed by atoms with Gasteiger partial charge in [0.2, 0.25) is 0 Å². The van der Waals surface area contributed by atoms with Gasteiger partial charge in [-0.3, -0.25) is 6.08 Å². The van der Waals surface area contributed by atoms with Crippen molar-refractivity contribution in [2.75, 3.05) is 0 Å². The molecular formula is C10H15Cl2Zr. The molecule has 73 valence electrons. The molecule has 0 aromatic rings. The first-order valence-corrected chi connectivity index (χ1v) is 4.04. The Morgan fingerprint density at radius 3 is 2.15 bits per heavy atom. The molecule has 0 saturated carbocycles. The van der Waals surface area contributed by atoms with Gasteiger partial charge in [-0.05, 0) is 0 Å². The van der Waals surface area contributed by atoms with Crippen molar-refractivity contribution in [3.63, 3.8) is 0 Å². The fourth-order valence-electron chi connectivity index (χ4n) is 1.13. The smallest absolute Gasteiger partial charge is 1.00 e. The summed E-state index contributed by atoms with van der Waals surface area (Å²) in [5, 5.41) is 0. The fraction of sp³-hybridized carbons (Fsp3) is 0.600. The van der Waals surface area contributed by atoms with Crippen LogP contribution in [0.2, 0.25) is 0 Å². The van der Waals surface area contributed by atoms with Gasteiger partial charge in [-0.25, -0.2) is 11.6 Å². The van der Waals surface area contributed by atoms with E-state index in [0.29, 0.717) is 11.8 Å². The molecule has 0 spiro atoms. The van der Waals surface area contributed by atoms with Gasteiger partial charge in [0.05, 0.1) is 0 Å². The van der Waals surface area contributed by atoms with Gasteiger partial charge in [-0.2, -0.15) is 6.08 Å². The van der Waals surface area contributed by atoms with E-state index in [2.05, 4.69) is 39.0 Å². The van der Waals surface area contributed by atoms with Crippen LogP contribution in [-0.4, -0.2) is 0 Å². The Balaban J connectivity index is -0.000000333. The van der Waals surface area contributed by atoms with Crippen LogP contribution >= 0.6 is 0 Å². The fourth-order valence-corrected chi connectivity index (χ4v) is 1.13. The Bertz CT molecular complexity index is 174. The standard InChI is InChI=1S/C10H15.2ClH.Zr/c1-4-9-5-6-10(7-9)8(2)3;;;/h5,7-8,10H,4H2,1-3H3;2*1H;/q-1;;;+3/p-2. The van der Waals surface area contributed by atoms with Gasteiger partial charge in [-0.15, -0.1) is 0 Å². The predicted octanol–water partition coefficient (Wildman–Crippen LogP) is -3.03. The quantitative estimate of drug-likeness (QED) is 0.476. The van der Waals surface area contributed by atoms with Crippen LogP contribution in [-0.2, 0) is 26.2 Å². The van der Waals surface area contributed by atoms with Crippen molar-refractivity contribution in [2.24, 2.45) is 11.8 Å². The van der Waals surface area contributed by atoms with Crippen LogP contribution in [0, 0.1) is 17.9 Å². The van der Waals surface area contributed by atoms with E-state index >= 15 is 0 Å². The Labute approximate surface area is 113 Å². The van der Waals surface area contributed by atoms with E-state index in [9.17, 15) is 0 Å². The van der Waals surface area contributed by atoms with Crippen molar-refractivity contribution in [3.05, 3.63) is 23.8 Å². The molecule has 1 rings (SSSR count). The zero-order valence-electron chi connectivity index (χ0n) is 8.27. The Morgan fingerprint density at radius 1 is 1.38 bits per heavy atom. The van der Waals surface area contributed by atoms with Crippen LogP contribution in [0.3, 0.4) is 0 Å². The molecule has 0 bridgehead atoms. The Hall–Kier alpha value is 0.943.